The van der Waals surface area contributed by atoms with Crippen LogP contribution in [0.2, 0.25) is 0 Å². The van der Waals surface area contributed by atoms with Crippen molar-refractivity contribution in [1.29, 1.82) is 0 Å². The molecule has 0 aliphatic carbocycles. The summed E-state index contributed by atoms with van der Waals surface area (Å²) >= 11 is 0. The van der Waals surface area contributed by atoms with Crippen molar-refractivity contribution < 1.29 is 14.6 Å². The van der Waals surface area contributed by atoms with E-state index in [9.17, 15) is 4.79 Å². The van der Waals surface area contributed by atoms with E-state index in [0.717, 1.165) is 22.4 Å². The van der Waals surface area contributed by atoms with Gasteiger partial charge in [-0.15, -0.1) is 0 Å². The molecule has 4 heteroatoms. The maximum Gasteiger partial charge on any atom is 0.409 e. The van der Waals surface area contributed by atoms with E-state index in [4.69, 9.17) is 9.84 Å². The van der Waals surface area contributed by atoms with Crippen molar-refractivity contribution in [3.05, 3.63) is 59.2 Å². The highest BCUT2D eigenvalue weighted by Gasteiger charge is 2.08. The van der Waals surface area contributed by atoms with Gasteiger partial charge in [-0.3, -0.25) is 5.32 Å². The number of anilines is 1. The Bertz CT molecular complexity index is 585. The molecule has 0 unspecified atom stereocenters. The molecule has 0 radical (unpaired) electrons. The number of amides is 1. The molecule has 0 saturated carbocycles. The molecule has 4 nitrogen and oxygen atoms in total. The molecule has 2 aromatic carbocycles. The number of hydrogen-bond donors (Lipinski definition) is 2. The van der Waals surface area contributed by atoms with Gasteiger partial charge in [0.1, 0.15) is 12.4 Å². The molecular formula is C16H17NO3. The predicted octanol–water partition coefficient (Wildman–Crippen LogP) is 3.97. The smallest absolute Gasteiger partial charge is 0.409 e. The highest BCUT2D eigenvalue weighted by molar-refractivity contribution is 5.85. The lowest BCUT2D eigenvalue weighted by Crippen LogP contribution is -2.10. The molecule has 0 fully saturated rings. The van der Waals surface area contributed by atoms with Gasteiger partial charge in [0.25, 0.3) is 0 Å². The lowest BCUT2D eigenvalue weighted by Gasteiger charge is -2.13. The number of ether oxygens (including phenoxy) is 1. The van der Waals surface area contributed by atoms with E-state index in [1.54, 1.807) is 0 Å². The highest BCUT2D eigenvalue weighted by Crippen LogP contribution is 2.26. The Morgan fingerprint density at radius 2 is 1.75 bits per heavy atom. The summed E-state index contributed by atoms with van der Waals surface area (Å²) in [6, 6.07) is 13.6. The van der Waals surface area contributed by atoms with Crippen LogP contribution in [0.4, 0.5) is 10.5 Å². The van der Waals surface area contributed by atoms with Gasteiger partial charge in [-0.05, 0) is 42.7 Å². The van der Waals surface area contributed by atoms with Gasteiger partial charge in [-0.25, -0.2) is 4.79 Å². The Labute approximate surface area is 118 Å². The predicted molar refractivity (Wildman–Crippen MR) is 78.3 cm³/mol. The first kappa shape index (κ1) is 13.9. The molecule has 0 aliphatic rings. The summed E-state index contributed by atoms with van der Waals surface area (Å²) in [5.74, 6) is 0.736. The molecule has 104 valence electrons. The van der Waals surface area contributed by atoms with Crippen molar-refractivity contribution in [3.63, 3.8) is 0 Å². The minimum Gasteiger partial charge on any atom is -0.489 e. The zero-order valence-electron chi connectivity index (χ0n) is 11.5. The van der Waals surface area contributed by atoms with E-state index in [1.807, 2.05) is 56.3 Å². The minimum atomic E-state index is -1.06. The average Bonchev–Trinajstić information content (AvgIpc) is 2.41. The second-order valence-electron chi connectivity index (χ2n) is 4.64. The molecule has 0 atom stereocenters. The molecule has 0 aliphatic heterocycles. The number of benzene rings is 2. The van der Waals surface area contributed by atoms with Crippen LogP contribution in [0.15, 0.2) is 42.5 Å². The second-order valence-corrected chi connectivity index (χ2v) is 4.64. The molecule has 0 bridgehead atoms. The normalized spacial score (nSPS) is 10.1. The maximum absolute atomic E-state index is 10.7. The molecule has 0 saturated heterocycles. The monoisotopic (exact) mass is 271 g/mol. The van der Waals surface area contributed by atoms with Crippen molar-refractivity contribution in [2.45, 2.75) is 20.5 Å². The SMILES string of the molecule is Cc1cc(OCc2ccccc2)cc(C)c1NC(=O)O. The fraction of sp³-hybridized carbons (Fsp3) is 0.188. The van der Waals surface area contributed by atoms with Gasteiger partial charge in [0, 0.05) is 0 Å². The standard InChI is InChI=1S/C16H17NO3/c1-11-8-14(9-12(2)15(11)17-16(18)19)20-10-13-6-4-3-5-7-13/h3-9,17H,10H2,1-2H3,(H,18,19). The zero-order valence-corrected chi connectivity index (χ0v) is 11.5. The first-order valence-electron chi connectivity index (χ1n) is 6.34. The Morgan fingerprint density at radius 3 is 2.30 bits per heavy atom. The topological polar surface area (TPSA) is 58.6 Å². The summed E-state index contributed by atoms with van der Waals surface area (Å²) in [4.78, 5) is 10.7. The van der Waals surface area contributed by atoms with Crippen molar-refractivity contribution >= 4 is 11.8 Å². The number of rotatable bonds is 4. The van der Waals surface area contributed by atoms with E-state index in [-0.39, 0.29) is 0 Å². The third-order valence-corrected chi connectivity index (χ3v) is 2.99. The van der Waals surface area contributed by atoms with Crippen molar-refractivity contribution in [3.8, 4) is 5.75 Å². The third kappa shape index (κ3) is 3.51. The summed E-state index contributed by atoms with van der Waals surface area (Å²) in [6.07, 6.45) is -1.06. The summed E-state index contributed by atoms with van der Waals surface area (Å²) in [6.45, 7) is 4.20. The van der Waals surface area contributed by atoms with Crippen molar-refractivity contribution in [2.75, 3.05) is 5.32 Å². The zero-order chi connectivity index (χ0) is 14.5. The van der Waals surface area contributed by atoms with E-state index in [1.165, 1.54) is 0 Å². The summed E-state index contributed by atoms with van der Waals surface area (Å²) in [7, 11) is 0. The average molecular weight is 271 g/mol. The van der Waals surface area contributed by atoms with E-state index >= 15 is 0 Å². The molecular weight excluding hydrogens is 254 g/mol. The molecule has 0 spiro atoms. The number of hydrogen-bond acceptors (Lipinski definition) is 2. The first-order valence-corrected chi connectivity index (χ1v) is 6.34. The van der Waals surface area contributed by atoms with Crippen molar-refractivity contribution in [2.24, 2.45) is 0 Å². The third-order valence-electron chi connectivity index (χ3n) is 2.99. The quantitative estimate of drug-likeness (QED) is 0.884. The summed E-state index contributed by atoms with van der Waals surface area (Å²) < 4.78 is 5.74. The molecule has 0 heterocycles. The molecule has 2 aromatic rings. The molecule has 2 rings (SSSR count). The van der Waals surface area contributed by atoms with Gasteiger partial charge in [-0.1, -0.05) is 30.3 Å². The van der Waals surface area contributed by atoms with Gasteiger partial charge in [-0.2, -0.15) is 0 Å². The maximum atomic E-state index is 10.7. The van der Waals surface area contributed by atoms with Crippen LogP contribution in [0.25, 0.3) is 0 Å². The van der Waals surface area contributed by atoms with Crippen LogP contribution in [-0.2, 0) is 6.61 Å². The van der Waals surface area contributed by atoms with Gasteiger partial charge in [0.2, 0.25) is 0 Å². The first-order chi connectivity index (χ1) is 9.56. The highest BCUT2D eigenvalue weighted by atomic mass is 16.5. The Hall–Kier alpha value is -2.49. The Morgan fingerprint density at radius 1 is 1.15 bits per heavy atom. The largest absolute Gasteiger partial charge is 0.489 e. The fourth-order valence-corrected chi connectivity index (χ4v) is 2.05. The van der Waals surface area contributed by atoms with E-state index in [0.29, 0.717) is 12.3 Å². The van der Waals surface area contributed by atoms with Gasteiger partial charge < -0.3 is 9.84 Å². The molecule has 2 N–H and O–H groups in total. The van der Waals surface area contributed by atoms with Gasteiger partial charge >= 0.3 is 6.09 Å². The van der Waals surface area contributed by atoms with Crippen LogP contribution in [-0.4, -0.2) is 11.2 Å². The van der Waals surface area contributed by atoms with Crippen LogP contribution in [0.3, 0.4) is 0 Å². The summed E-state index contributed by atoms with van der Waals surface area (Å²) in [5.41, 5.74) is 3.39. The van der Waals surface area contributed by atoms with Crippen molar-refractivity contribution in [1.82, 2.24) is 0 Å². The van der Waals surface area contributed by atoms with Crippen LogP contribution < -0.4 is 10.1 Å². The minimum absolute atomic E-state index is 0.491. The number of carbonyl (C=O) groups is 1. The van der Waals surface area contributed by atoms with Gasteiger partial charge in [0.05, 0.1) is 5.69 Å². The van der Waals surface area contributed by atoms with E-state index < -0.39 is 6.09 Å². The van der Waals surface area contributed by atoms with Crippen LogP contribution >= 0.6 is 0 Å². The Balaban J connectivity index is 2.12. The van der Waals surface area contributed by atoms with E-state index in [2.05, 4.69) is 5.32 Å². The number of aryl methyl sites for hydroxylation is 2. The Kier molecular flexibility index (Phi) is 4.25. The molecule has 0 aromatic heterocycles. The second kappa shape index (κ2) is 6.10. The number of nitrogens with one attached hydrogen (secondary N) is 1. The number of carboxylic acid groups (broad SMARTS) is 1. The van der Waals surface area contributed by atoms with Crippen LogP contribution in [0.1, 0.15) is 16.7 Å². The molecule has 1 amide bonds. The van der Waals surface area contributed by atoms with Crippen LogP contribution in [0.5, 0.6) is 5.75 Å². The lowest BCUT2D eigenvalue weighted by atomic mass is 10.1. The van der Waals surface area contributed by atoms with Gasteiger partial charge in [0.15, 0.2) is 0 Å². The molecule has 20 heavy (non-hydrogen) atoms. The summed E-state index contributed by atoms with van der Waals surface area (Å²) in [5, 5.41) is 11.2. The lowest BCUT2D eigenvalue weighted by molar-refractivity contribution is 0.209. The fourth-order valence-electron chi connectivity index (χ4n) is 2.05. The van der Waals surface area contributed by atoms with Crippen LogP contribution in [0, 0.1) is 13.8 Å².